The van der Waals surface area contributed by atoms with Gasteiger partial charge in [0.1, 0.15) is 0 Å². The molecule has 2 N–H and O–H groups in total. The minimum absolute atomic E-state index is 0.0716. The Balaban J connectivity index is 0.000000383. The molecule has 4 rings (SSSR count). The number of anilines is 1. The van der Waals surface area contributed by atoms with E-state index in [1.807, 2.05) is 30.5 Å². The van der Waals surface area contributed by atoms with Crippen molar-refractivity contribution >= 4 is 17.8 Å². The summed E-state index contributed by atoms with van der Waals surface area (Å²) in [5, 5.41) is 10.0. The summed E-state index contributed by atoms with van der Waals surface area (Å²) in [6, 6.07) is 7.86. The van der Waals surface area contributed by atoms with Crippen LogP contribution in [0.15, 0.2) is 42.9 Å². The second-order valence-corrected chi connectivity index (χ2v) is 7.89. The molecule has 2 aromatic heterocycles. The highest BCUT2D eigenvalue weighted by Crippen LogP contribution is 2.43. The number of aromatic nitrogens is 3. The Morgan fingerprint density at radius 1 is 1.18 bits per heavy atom. The van der Waals surface area contributed by atoms with Crippen molar-refractivity contribution in [2.24, 2.45) is 5.41 Å². The molecule has 2 atom stereocenters. The van der Waals surface area contributed by atoms with Gasteiger partial charge in [0.15, 0.2) is 0 Å². The first-order chi connectivity index (χ1) is 15.7. The van der Waals surface area contributed by atoms with E-state index in [0.717, 1.165) is 44.7 Å². The summed E-state index contributed by atoms with van der Waals surface area (Å²) in [7, 11) is 1.73. The van der Waals surface area contributed by atoms with Crippen molar-refractivity contribution in [1.29, 1.82) is 0 Å². The first-order valence-corrected chi connectivity index (χ1v) is 10.4. The summed E-state index contributed by atoms with van der Waals surface area (Å²) in [4.78, 5) is 39.7. The number of piperidine rings is 1. The van der Waals surface area contributed by atoms with Crippen LogP contribution in [-0.4, -0.2) is 75.7 Å². The molecule has 2 fully saturated rings. The number of likely N-dealkylation sites (tertiary alicyclic amines) is 1. The van der Waals surface area contributed by atoms with Crippen LogP contribution in [0.1, 0.15) is 18.5 Å². The van der Waals surface area contributed by atoms with Crippen molar-refractivity contribution in [3.05, 3.63) is 48.5 Å². The fourth-order valence-corrected chi connectivity index (χ4v) is 4.46. The number of nitrogens with one attached hydrogen (secondary N) is 1. The van der Waals surface area contributed by atoms with Gasteiger partial charge in [-0.2, -0.15) is 13.2 Å². The SMILES string of the molecule is CNC(=O)[C@@]12CCCN(c3ncccn3)[C@@H]1CN(Cc1ccccn1)C2.O=C(O)C(F)(F)F. The molecule has 0 saturated carbocycles. The van der Waals surface area contributed by atoms with Crippen molar-refractivity contribution < 1.29 is 27.9 Å². The number of aliphatic carboxylic acids is 1. The maximum Gasteiger partial charge on any atom is 0.490 e. The number of halogens is 3. The summed E-state index contributed by atoms with van der Waals surface area (Å²) in [6.07, 6.45) is 2.11. The van der Waals surface area contributed by atoms with Crippen LogP contribution in [-0.2, 0) is 16.1 Å². The lowest BCUT2D eigenvalue weighted by Crippen LogP contribution is -2.58. The maximum absolute atomic E-state index is 12.9. The molecule has 0 spiro atoms. The number of pyridine rings is 1. The van der Waals surface area contributed by atoms with Crippen molar-refractivity contribution in [3.8, 4) is 0 Å². The predicted molar refractivity (Wildman–Crippen MR) is 112 cm³/mol. The summed E-state index contributed by atoms with van der Waals surface area (Å²) in [5.41, 5.74) is 0.599. The van der Waals surface area contributed by atoms with Crippen LogP contribution in [0.2, 0.25) is 0 Å². The van der Waals surface area contributed by atoms with Gasteiger partial charge in [-0.3, -0.25) is 14.7 Å². The average molecular weight is 466 g/mol. The highest BCUT2D eigenvalue weighted by Gasteiger charge is 2.56. The molecule has 178 valence electrons. The Hall–Kier alpha value is -3.28. The van der Waals surface area contributed by atoms with Gasteiger partial charge in [-0.05, 0) is 31.0 Å². The van der Waals surface area contributed by atoms with Gasteiger partial charge in [-0.15, -0.1) is 0 Å². The third-order valence-electron chi connectivity index (χ3n) is 5.82. The number of carboxylic acid groups (broad SMARTS) is 1. The van der Waals surface area contributed by atoms with Gasteiger partial charge in [0.05, 0.1) is 17.2 Å². The molecule has 2 saturated heterocycles. The number of hydrogen-bond donors (Lipinski definition) is 2. The van der Waals surface area contributed by atoms with Crippen LogP contribution >= 0.6 is 0 Å². The van der Waals surface area contributed by atoms with Crippen LogP contribution in [0.4, 0.5) is 19.1 Å². The molecular formula is C21H25F3N6O3. The molecule has 0 radical (unpaired) electrons. The number of rotatable bonds is 4. The van der Waals surface area contributed by atoms with Gasteiger partial charge in [-0.25, -0.2) is 14.8 Å². The predicted octanol–water partition coefficient (Wildman–Crippen LogP) is 1.72. The van der Waals surface area contributed by atoms with E-state index in [0.29, 0.717) is 5.95 Å². The number of nitrogens with zero attached hydrogens (tertiary/aromatic N) is 5. The number of carbonyl (C=O) groups excluding carboxylic acids is 1. The van der Waals surface area contributed by atoms with E-state index in [9.17, 15) is 18.0 Å². The van der Waals surface area contributed by atoms with Crippen molar-refractivity contribution in [2.75, 3.05) is 31.6 Å². The molecule has 0 aliphatic carbocycles. The van der Waals surface area contributed by atoms with Crippen LogP contribution in [0, 0.1) is 5.41 Å². The van der Waals surface area contributed by atoms with E-state index in [1.165, 1.54) is 0 Å². The van der Waals surface area contributed by atoms with Crippen LogP contribution in [0.3, 0.4) is 0 Å². The lowest BCUT2D eigenvalue weighted by atomic mass is 9.74. The Bertz CT molecular complexity index is 947. The summed E-state index contributed by atoms with van der Waals surface area (Å²) < 4.78 is 31.7. The first kappa shape index (κ1) is 24.4. The monoisotopic (exact) mass is 466 g/mol. The standard InChI is InChI=1S/C19H24N6O.C2HF3O2/c1-20-17(26)19-7-4-11-25(18-22-9-5-10-23-18)16(19)13-24(14-19)12-15-6-2-3-8-21-15;3-2(4,5)1(6)7/h2-3,5-6,8-10,16H,4,7,11-14H2,1H3,(H,20,26);(H,6,7)/t16-,19-;/m1./s1. The van der Waals surface area contributed by atoms with Crippen LogP contribution in [0.5, 0.6) is 0 Å². The molecule has 2 aliphatic heterocycles. The van der Waals surface area contributed by atoms with Gasteiger partial charge in [0.2, 0.25) is 11.9 Å². The number of fused-ring (bicyclic) bond motifs is 1. The Morgan fingerprint density at radius 2 is 1.85 bits per heavy atom. The van der Waals surface area contributed by atoms with Crippen molar-refractivity contribution in [1.82, 2.24) is 25.2 Å². The third-order valence-corrected chi connectivity index (χ3v) is 5.82. The van der Waals surface area contributed by atoms with Gasteiger partial charge >= 0.3 is 12.1 Å². The van der Waals surface area contributed by atoms with E-state index in [2.05, 4.69) is 30.1 Å². The largest absolute Gasteiger partial charge is 0.490 e. The summed E-state index contributed by atoms with van der Waals surface area (Å²) >= 11 is 0. The molecule has 4 heterocycles. The van der Waals surface area contributed by atoms with Gasteiger partial charge in [0.25, 0.3) is 0 Å². The Kier molecular flexibility index (Phi) is 7.46. The number of amides is 1. The molecule has 2 aliphatic rings. The first-order valence-electron chi connectivity index (χ1n) is 10.4. The lowest BCUT2D eigenvalue weighted by Gasteiger charge is -2.44. The van der Waals surface area contributed by atoms with Crippen LogP contribution in [0.25, 0.3) is 0 Å². The van der Waals surface area contributed by atoms with E-state index in [4.69, 9.17) is 9.90 Å². The highest BCUT2D eigenvalue weighted by atomic mass is 19.4. The van der Waals surface area contributed by atoms with E-state index in [-0.39, 0.29) is 11.9 Å². The van der Waals surface area contributed by atoms with Crippen LogP contribution < -0.4 is 10.2 Å². The van der Waals surface area contributed by atoms with Crippen molar-refractivity contribution in [3.63, 3.8) is 0 Å². The van der Waals surface area contributed by atoms with E-state index < -0.39 is 17.6 Å². The number of alkyl halides is 3. The second-order valence-electron chi connectivity index (χ2n) is 7.89. The third kappa shape index (κ3) is 5.56. The quantitative estimate of drug-likeness (QED) is 0.701. The molecule has 1 amide bonds. The van der Waals surface area contributed by atoms with Crippen molar-refractivity contribution in [2.45, 2.75) is 31.6 Å². The minimum Gasteiger partial charge on any atom is -0.475 e. The Labute approximate surface area is 188 Å². The molecule has 0 bridgehead atoms. The van der Waals surface area contributed by atoms with Gasteiger partial charge in [-0.1, -0.05) is 6.07 Å². The summed E-state index contributed by atoms with van der Waals surface area (Å²) in [6.45, 7) is 3.17. The molecule has 33 heavy (non-hydrogen) atoms. The normalized spacial score (nSPS) is 22.7. The fourth-order valence-electron chi connectivity index (χ4n) is 4.46. The highest BCUT2D eigenvalue weighted by molar-refractivity contribution is 5.85. The zero-order valence-electron chi connectivity index (χ0n) is 18.0. The molecule has 9 nitrogen and oxygen atoms in total. The zero-order valence-corrected chi connectivity index (χ0v) is 18.0. The molecule has 2 aromatic rings. The van der Waals surface area contributed by atoms with E-state index in [1.54, 1.807) is 19.4 Å². The minimum atomic E-state index is -5.08. The Morgan fingerprint density at radius 3 is 2.42 bits per heavy atom. The second kappa shape index (κ2) is 10.1. The fraction of sp³-hybridized carbons (Fsp3) is 0.476. The van der Waals surface area contributed by atoms with E-state index >= 15 is 0 Å². The number of hydrogen-bond acceptors (Lipinski definition) is 7. The zero-order chi connectivity index (χ0) is 24.1. The molecule has 0 aromatic carbocycles. The molecule has 12 heteroatoms. The number of carbonyl (C=O) groups is 2. The maximum atomic E-state index is 12.9. The van der Waals surface area contributed by atoms with Gasteiger partial charge in [0, 0.05) is 51.8 Å². The topological polar surface area (TPSA) is 112 Å². The number of carboxylic acids is 1. The van der Waals surface area contributed by atoms with Gasteiger partial charge < -0.3 is 15.3 Å². The molecule has 0 unspecified atom stereocenters. The molecular weight excluding hydrogens is 441 g/mol. The average Bonchev–Trinajstić information content (AvgIpc) is 3.18. The lowest BCUT2D eigenvalue weighted by molar-refractivity contribution is -0.192. The summed E-state index contributed by atoms with van der Waals surface area (Å²) in [5.74, 6) is -1.93. The smallest absolute Gasteiger partial charge is 0.475 e.